The summed E-state index contributed by atoms with van der Waals surface area (Å²) in [6, 6.07) is 8.33. The summed E-state index contributed by atoms with van der Waals surface area (Å²) < 4.78 is 0. The molecule has 2 heterocycles. The molecule has 1 atom stereocenters. The second kappa shape index (κ2) is 6.67. The molecule has 3 rings (SSSR count). The van der Waals surface area contributed by atoms with Crippen molar-refractivity contribution < 1.29 is 5.11 Å². The van der Waals surface area contributed by atoms with Crippen molar-refractivity contribution in [2.75, 3.05) is 51.2 Å². The molecule has 0 saturated carbocycles. The van der Waals surface area contributed by atoms with Crippen molar-refractivity contribution in [3.63, 3.8) is 0 Å². The molecule has 2 aliphatic heterocycles. The maximum absolute atomic E-state index is 9.37. The zero-order valence-corrected chi connectivity index (χ0v) is 13.0. The first-order chi connectivity index (χ1) is 10.2. The topological polar surface area (TPSA) is 30.0 Å². The standard InChI is InChI=1S/C17H27N3O/c1-18-9-3-2-4-16(18)14-19-10-12-20(13-11-19)15-5-7-17(21)8-6-15/h5-8,16,21H,2-4,9-14H2,1H3/t16-/m0/s1. The number of hydrogen-bond donors (Lipinski definition) is 1. The van der Waals surface area contributed by atoms with E-state index in [1.807, 2.05) is 12.1 Å². The maximum atomic E-state index is 9.37. The fourth-order valence-electron chi connectivity index (χ4n) is 3.52. The van der Waals surface area contributed by atoms with Gasteiger partial charge in [-0.2, -0.15) is 0 Å². The molecule has 116 valence electrons. The van der Waals surface area contributed by atoms with Gasteiger partial charge in [-0.1, -0.05) is 6.42 Å². The number of hydrogen-bond acceptors (Lipinski definition) is 4. The Hall–Kier alpha value is -1.26. The van der Waals surface area contributed by atoms with Crippen LogP contribution in [0.3, 0.4) is 0 Å². The van der Waals surface area contributed by atoms with Gasteiger partial charge in [-0.15, -0.1) is 0 Å². The van der Waals surface area contributed by atoms with E-state index in [2.05, 4.69) is 21.7 Å². The van der Waals surface area contributed by atoms with E-state index >= 15 is 0 Å². The Balaban J connectivity index is 1.49. The highest BCUT2D eigenvalue weighted by atomic mass is 16.3. The number of benzene rings is 1. The van der Waals surface area contributed by atoms with Gasteiger partial charge >= 0.3 is 0 Å². The van der Waals surface area contributed by atoms with Crippen LogP contribution in [0.25, 0.3) is 0 Å². The number of likely N-dealkylation sites (tertiary alicyclic amines) is 1. The van der Waals surface area contributed by atoms with Gasteiger partial charge in [0, 0.05) is 44.5 Å². The molecular weight excluding hydrogens is 262 g/mol. The molecular formula is C17H27N3O. The van der Waals surface area contributed by atoms with E-state index in [4.69, 9.17) is 0 Å². The molecule has 2 fully saturated rings. The lowest BCUT2D eigenvalue weighted by molar-refractivity contribution is 0.125. The molecule has 0 unspecified atom stereocenters. The Morgan fingerprint density at radius 3 is 2.38 bits per heavy atom. The Bertz CT molecular complexity index is 440. The molecule has 4 heteroatoms. The third-order valence-electron chi connectivity index (χ3n) is 4.98. The molecule has 0 spiro atoms. The first-order valence-electron chi connectivity index (χ1n) is 8.19. The molecule has 0 amide bonds. The van der Waals surface area contributed by atoms with Crippen LogP contribution in [0.15, 0.2) is 24.3 Å². The summed E-state index contributed by atoms with van der Waals surface area (Å²) in [5.41, 5.74) is 1.22. The van der Waals surface area contributed by atoms with E-state index in [0.29, 0.717) is 5.75 Å². The number of phenols is 1. The minimum Gasteiger partial charge on any atom is -0.508 e. The average molecular weight is 289 g/mol. The third-order valence-corrected chi connectivity index (χ3v) is 4.98. The second-order valence-electron chi connectivity index (χ2n) is 6.43. The number of likely N-dealkylation sites (N-methyl/N-ethyl adjacent to an activating group) is 1. The van der Waals surface area contributed by atoms with Gasteiger partial charge in [0.15, 0.2) is 0 Å². The molecule has 2 aliphatic rings. The first kappa shape index (κ1) is 14.7. The van der Waals surface area contributed by atoms with Crippen LogP contribution in [-0.2, 0) is 0 Å². The average Bonchev–Trinajstić information content (AvgIpc) is 2.51. The summed E-state index contributed by atoms with van der Waals surface area (Å²) in [5.74, 6) is 0.345. The Morgan fingerprint density at radius 1 is 1.00 bits per heavy atom. The molecule has 0 aliphatic carbocycles. The predicted octanol–water partition coefficient (Wildman–Crippen LogP) is 2.00. The highest BCUT2D eigenvalue weighted by molar-refractivity contribution is 5.49. The first-order valence-corrected chi connectivity index (χ1v) is 8.19. The quantitative estimate of drug-likeness (QED) is 0.922. The van der Waals surface area contributed by atoms with Crippen LogP contribution >= 0.6 is 0 Å². The highest BCUT2D eigenvalue weighted by Gasteiger charge is 2.24. The smallest absolute Gasteiger partial charge is 0.115 e. The van der Waals surface area contributed by atoms with Crippen LogP contribution in [0.2, 0.25) is 0 Å². The number of phenolic OH excluding ortho intramolecular Hbond substituents is 1. The van der Waals surface area contributed by atoms with Crippen LogP contribution in [0.4, 0.5) is 5.69 Å². The molecule has 21 heavy (non-hydrogen) atoms. The van der Waals surface area contributed by atoms with Crippen molar-refractivity contribution in [2.24, 2.45) is 0 Å². The van der Waals surface area contributed by atoms with Crippen molar-refractivity contribution in [3.8, 4) is 5.75 Å². The predicted molar refractivity (Wildman–Crippen MR) is 87.0 cm³/mol. The molecule has 1 aromatic rings. The number of nitrogens with zero attached hydrogens (tertiary/aromatic N) is 3. The van der Waals surface area contributed by atoms with Gasteiger partial charge in [0.05, 0.1) is 0 Å². The van der Waals surface area contributed by atoms with Crippen molar-refractivity contribution in [1.82, 2.24) is 9.80 Å². The van der Waals surface area contributed by atoms with Gasteiger partial charge in [0.25, 0.3) is 0 Å². The van der Waals surface area contributed by atoms with E-state index in [0.717, 1.165) is 32.2 Å². The highest BCUT2D eigenvalue weighted by Crippen LogP contribution is 2.21. The lowest BCUT2D eigenvalue weighted by atomic mass is 10.0. The minimum atomic E-state index is 0.345. The van der Waals surface area contributed by atoms with Crippen molar-refractivity contribution in [3.05, 3.63) is 24.3 Å². The zero-order valence-electron chi connectivity index (χ0n) is 13.0. The number of aromatic hydroxyl groups is 1. The number of anilines is 1. The number of piperidine rings is 1. The Labute approximate surface area is 128 Å². The fraction of sp³-hybridized carbons (Fsp3) is 0.647. The fourth-order valence-corrected chi connectivity index (χ4v) is 3.52. The van der Waals surface area contributed by atoms with Crippen LogP contribution in [0, 0.1) is 0 Å². The normalized spacial score (nSPS) is 25.2. The molecule has 0 aromatic heterocycles. The zero-order chi connectivity index (χ0) is 14.7. The molecule has 0 bridgehead atoms. The van der Waals surface area contributed by atoms with E-state index in [1.54, 1.807) is 12.1 Å². The SMILES string of the molecule is CN1CCCC[C@H]1CN1CCN(c2ccc(O)cc2)CC1. The lowest BCUT2D eigenvalue weighted by Crippen LogP contribution is -2.51. The van der Waals surface area contributed by atoms with Gasteiger partial charge in [-0.25, -0.2) is 0 Å². The van der Waals surface area contributed by atoms with Gasteiger partial charge in [0.1, 0.15) is 5.75 Å². The summed E-state index contributed by atoms with van der Waals surface area (Å²) in [4.78, 5) is 7.57. The minimum absolute atomic E-state index is 0.345. The van der Waals surface area contributed by atoms with E-state index in [1.165, 1.54) is 38.0 Å². The molecule has 1 N–H and O–H groups in total. The van der Waals surface area contributed by atoms with Crippen LogP contribution < -0.4 is 4.90 Å². The summed E-state index contributed by atoms with van der Waals surface area (Å²) in [6.07, 6.45) is 4.11. The van der Waals surface area contributed by atoms with Gasteiger partial charge < -0.3 is 14.9 Å². The Morgan fingerprint density at radius 2 is 1.71 bits per heavy atom. The van der Waals surface area contributed by atoms with Gasteiger partial charge in [-0.05, 0) is 50.7 Å². The van der Waals surface area contributed by atoms with E-state index in [9.17, 15) is 5.11 Å². The van der Waals surface area contributed by atoms with Crippen molar-refractivity contribution >= 4 is 5.69 Å². The van der Waals surface area contributed by atoms with Crippen LogP contribution in [0.5, 0.6) is 5.75 Å². The number of piperazine rings is 1. The molecule has 0 radical (unpaired) electrons. The lowest BCUT2D eigenvalue weighted by Gasteiger charge is -2.40. The Kier molecular flexibility index (Phi) is 4.66. The third kappa shape index (κ3) is 3.69. The van der Waals surface area contributed by atoms with E-state index < -0.39 is 0 Å². The van der Waals surface area contributed by atoms with E-state index in [-0.39, 0.29) is 0 Å². The maximum Gasteiger partial charge on any atom is 0.115 e. The number of rotatable bonds is 3. The summed E-state index contributed by atoms with van der Waals surface area (Å²) in [6.45, 7) is 6.94. The largest absolute Gasteiger partial charge is 0.508 e. The van der Waals surface area contributed by atoms with Crippen molar-refractivity contribution in [1.29, 1.82) is 0 Å². The molecule has 1 aromatic carbocycles. The van der Waals surface area contributed by atoms with Gasteiger partial charge in [-0.3, -0.25) is 4.90 Å². The summed E-state index contributed by atoms with van der Waals surface area (Å²) in [7, 11) is 2.27. The second-order valence-corrected chi connectivity index (χ2v) is 6.43. The molecule has 2 saturated heterocycles. The monoisotopic (exact) mass is 289 g/mol. The van der Waals surface area contributed by atoms with Crippen LogP contribution in [-0.4, -0.2) is 67.3 Å². The van der Waals surface area contributed by atoms with Crippen LogP contribution in [0.1, 0.15) is 19.3 Å². The van der Waals surface area contributed by atoms with Gasteiger partial charge in [0.2, 0.25) is 0 Å². The van der Waals surface area contributed by atoms with Crippen molar-refractivity contribution in [2.45, 2.75) is 25.3 Å². The summed E-state index contributed by atoms with van der Waals surface area (Å²) in [5, 5.41) is 9.37. The molecule has 4 nitrogen and oxygen atoms in total. The summed E-state index contributed by atoms with van der Waals surface area (Å²) >= 11 is 0.